The van der Waals surface area contributed by atoms with Crippen molar-refractivity contribution in [2.24, 2.45) is 0 Å². The molecule has 144 valence electrons. The highest BCUT2D eigenvalue weighted by atomic mass is 19.1. The maximum absolute atomic E-state index is 15.2. The smallest absolute Gasteiger partial charge is 0.155 e. The van der Waals surface area contributed by atoms with Gasteiger partial charge < -0.3 is 5.32 Å². The molecule has 2 N–H and O–H groups in total. The molecule has 0 bridgehead atoms. The molecule has 5 rings (SSSR count). The van der Waals surface area contributed by atoms with Crippen molar-refractivity contribution in [1.82, 2.24) is 20.5 Å². The molecule has 1 heterocycles. The molecular formula is C24H21FN4. The maximum atomic E-state index is 15.2. The number of rotatable bonds is 5. The Morgan fingerprint density at radius 3 is 2.31 bits per heavy atom. The Hall–Kier alpha value is -3.31. The van der Waals surface area contributed by atoms with Gasteiger partial charge in [0.15, 0.2) is 5.82 Å². The van der Waals surface area contributed by atoms with E-state index < -0.39 is 0 Å². The van der Waals surface area contributed by atoms with Gasteiger partial charge in [-0.1, -0.05) is 66.7 Å². The van der Waals surface area contributed by atoms with Gasteiger partial charge in [0.05, 0.1) is 0 Å². The van der Waals surface area contributed by atoms with E-state index in [-0.39, 0.29) is 5.82 Å². The van der Waals surface area contributed by atoms with Gasteiger partial charge in [0, 0.05) is 29.3 Å². The first kappa shape index (κ1) is 17.8. The first-order chi connectivity index (χ1) is 14.3. The van der Waals surface area contributed by atoms with Crippen molar-refractivity contribution in [2.75, 3.05) is 0 Å². The van der Waals surface area contributed by atoms with Gasteiger partial charge >= 0.3 is 0 Å². The number of benzene rings is 3. The van der Waals surface area contributed by atoms with Crippen molar-refractivity contribution < 1.29 is 4.39 Å². The molecule has 0 aliphatic heterocycles. The van der Waals surface area contributed by atoms with Crippen LogP contribution in [0.25, 0.3) is 22.5 Å². The second kappa shape index (κ2) is 7.60. The molecule has 0 saturated heterocycles. The summed E-state index contributed by atoms with van der Waals surface area (Å²) >= 11 is 0. The van der Waals surface area contributed by atoms with Crippen LogP contribution in [-0.4, -0.2) is 21.2 Å². The molecular weight excluding hydrogens is 363 g/mol. The molecule has 0 radical (unpaired) electrons. The predicted octanol–water partition coefficient (Wildman–Crippen LogP) is 4.53. The minimum Gasteiger partial charge on any atom is -0.309 e. The lowest BCUT2D eigenvalue weighted by Crippen LogP contribution is -2.29. The van der Waals surface area contributed by atoms with Crippen LogP contribution in [0.3, 0.4) is 0 Å². The van der Waals surface area contributed by atoms with Crippen LogP contribution in [0.2, 0.25) is 0 Å². The average molecular weight is 384 g/mol. The zero-order chi connectivity index (χ0) is 19.6. The third kappa shape index (κ3) is 3.57. The van der Waals surface area contributed by atoms with Crippen LogP contribution in [0.4, 0.5) is 4.39 Å². The molecule has 4 aromatic rings. The highest BCUT2D eigenvalue weighted by Gasteiger charge is 2.21. The Kier molecular flexibility index (Phi) is 4.66. The number of nitrogens with one attached hydrogen (secondary N) is 2. The molecule has 0 atom stereocenters. The molecule has 29 heavy (non-hydrogen) atoms. The third-order valence-electron chi connectivity index (χ3n) is 5.60. The second-order valence-corrected chi connectivity index (χ2v) is 7.44. The largest absolute Gasteiger partial charge is 0.309 e. The first-order valence-electron chi connectivity index (χ1n) is 9.81. The highest BCUT2D eigenvalue weighted by molar-refractivity contribution is 5.68. The van der Waals surface area contributed by atoms with E-state index >= 15 is 4.39 Å². The molecule has 4 nitrogen and oxygen atoms in total. The van der Waals surface area contributed by atoms with Gasteiger partial charge in [0.25, 0.3) is 0 Å². The molecule has 0 fully saturated rings. The van der Waals surface area contributed by atoms with Crippen LogP contribution < -0.4 is 5.32 Å². The molecule has 1 aliphatic carbocycles. The molecule has 3 aromatic carbocycles. The Bertz CT molecular complexity index is 1100. The van der Waals surface area contributed by atoms with Crippen LogP contribution in [0, 0.1) is 5.82 Å². The van der Waals surface area contributed by atoms with Gasteiger partial charge in [-0.25, -0.2) is 9.37 Å². The lowest BCUT2D eigenvalue weighted by atomic mass is 10.0. The van der Waals surface area contributed by atoms with E-state index in [1.807, 2.05) is 42.5 Å². The van der Waals surface area contributed by atoms with E-state index in [0.29, 0.717) is 29.5 Å². The quantitative estimate of drug-likeness (QED) is 0.531. The van der Waals surface area contributed by atoms with Crippen molar-refractivity contribution in [3.63, 3.8) is 0 Å². The Labute approximate surface area is 168 Å². The standard InChI is InChI=1S/C24H21FN4/c25-23-20(14-26-21-12-18-4-1-2-5-19(18)13-21)6-3-7-22(23)16-8-10-17(11-9-16)24-27-15-28-29-24/h1-11,15,21,26H,12-14H2,(H,27,28,29). The zero-order valence-corrected chi connectivity index (χ0v) is 15.9. The average Bonchev–Trinajstić information content (AvgIpc) is 3.43. The van der Waals surface area contributed by atoms with E-state index in [9.17, 15) is 0 Å². The van der Waals surface area contributed by atoms with Gasteiger partial charge in [0.2, 0.25) is 0 Å². The number of fused-ring (bicyclic) bond motifs is 1. The summed E-state index contributed by atoms with van der Waals surface area (Å²) in [5, 5.41) is 10.2. The lowest BCUT2D eigenvalue weighted by Gasteiger charge is -2.14. The van der Waals surface area contributed by atoms with Crippen LogP contribution in [0.1, 0.15) is 16.7 Å². The second-order valence-electron chi connectivity index (χ2n) is 7.44. The van der Waals surface area contributed by atoms with Gasteiger partial charge in [-0.05, 0) is 29.5 Å². The summed E-state index contributed by atoms with van der Waals surface area (Å²) in [5.41, 5.74) is 5.86. The topological polar surface area (TPSA) is 53.6 Å². The minimum atomic E-state index is -0.164. The summed E-state index contributed by atoms with van der Waals surface area (Å²) in [6.45, 7) is 0.522. The van der Waals surface area contributed by atoms with Crippen molar-refractivity contribution in [1.29, 1.82) is 0 Å². The van der Waals surface area contributed by atoms with Gasteiger partial charge in [0.1, 0.15) is 12.1 Å². The number of aromatic amines is 1. The number of nitrogens with zero attached hydrogens (tertiary/aromatic N) is 2. The Morgan fingerprint density at radius 1 is 0.897 bits per heavy atom. The van der Waals surface area contributed by atoms with Gasteiger partial charge in [-0.2, -0.15) is 5.10 Å². The Morgan fingerprint density at radius 2 is 1.62 bits per heavy atom. The van der Waals surface area contributed by atoms with Crippen molar-refractivity contribution >= 4 is 0 Å². The monoisotopic (exact) mass is 384 g/mol. The summed E-state index contributed by atoms with van der Waals surface area (Å²) in [7, 11) is 0. The molecule has 1 aromatic heterocycles. The fourth-order valence-corrected chi connectivity index (χ4v) is 4.05. The van der Waals surface area contributed by atoms with E-state index in [1.54, 1.807) is 0 Å². The molecule has 0 spiro atoms. The molecule has 0 unspecified atom stereocenters. The van der Waals surface area contributed by atoms with Crippen molar-refractivity contribution in [3.05, 3.63) is 95.6 Å². The van der Waals surface area contributed by atoms with Crippen LogP contribution in [0.5, 0.6) is 0 Å². The fourth-order valence-electron chi connectivity index (χ4n) is 4.05. The SMILES string of the molecule is Fc1c(CNC2Cc3ccccc3C2)cccc1-c1ccc(-c2ncn[nH]2)cc1. The van der Waals surface area contributed by atoms with Crippen molar-refractivity contribution in [2.45, 2.75) is 25.4 Å². The minimum absolute atomic E-state index is 0.164. The van der Waals surface area contributed by atoms with Crippen molar-refractivity contribution in [3.8, 4) is 22.5 Å². The third-order valence-corrected chi connectivity index (χ3v) is 5.60. The summed E-state index contributed by atoms with van der Waals surface area (Å²) in [4.78, 5) is 4.15. The summed E-state index contributed by atoms with van der Waals surface area (Å²) in [6, 6.07) is 22.2. The maximum Gasteiger partial charge on any atom is 0.155 e. The van der Waals surface area contributed by atoms with Crippen LogP contribution in [-0.2, 0) is 19.4 Å². The van der Waals surface area contributed by atoms with Crippen LogP contribution >= 0.6 is 0 Å². The van der Waals surface area contributed by atoms with E-state index in [1.165, 1.54) is 17.5 Å². The zero-order valence-electron chi connectivity index (χ0n) is 15.9. The first-order valence-corrected chi connectivity index (χ1v) is 9.81. The molecule has 0 saturated carbocycles. The number of halogens is 1. The lowest BCUT2D eigenvalue weighted by molar-refractivity contribution is 0.516. The van der Waals surface area contributed by atoms with E-state index in [4.69, 9.17) is 0 Å². The number of hydrogen-bond acceptors (Lipinski definition) is 3. The summed E-state index contributed by atoms with van der Waals surface area (Å²) < 4.78 is 15.2. The van der Waals surface area contributed by atoms with E-state index in [0.717, 1.165) is 24.0 Å². The summed E-state index contributed by atoms with van der Waals surface area (Å²) in [5.74, 6) is 0.537. The highest BCUT2D eigenvalue weighted by Crippen LogP contribution is 2.28. The summed E-state index contributed by atoms with van der Waals surface area (Å²) in [6.07, 6.45) is 3.48. The van der Waals surface area contributed by atoms with Gasteiger partial charge in [-0.15, -0.1) is 0 Å². The molecule has 1 aliphatic rings. The Balaban J connectivity index is 1.31. The molecule has 5 heteroatoms. The normalized spacial score (nSPS) is 13.6. The van der Waals surface area contributed by atoms with Crippen LogP contribution in [0.15, 0.2) is 73.1 Å². The fraction of sp³-hybridized carbons (Fsp3) is 0.167. The number of hydrogen-bond donors (Lipinski definition) is 2. The molecule has 0 amide bonds. The van der Waals surface area contributed by atoms with E-state index in [2.05, 4.69) is 44.8 Å². The predicted molar refractivity (Wildman–Crippen MR) is 112 cm³/mol. The number of H-pyrrole nitrogens is 1. The number of aromatic nitrogens is 3. The van der Waals surface area contributed by atoms with Gasteiger partial charge in [-0.3, -0.25) is 5.10 Å².